The summed E-state index contributed by atoms with van der Waals surface area (Å²) >= 11 is 0. The smallest absolute Gasteiger partial charge is 0.416 e. The minimum atomic E-state index is -4.41. The van der Waals surface area contributed by atoms with Gasteiger partial charge >= 0.3 is 6.18 Å². The van der Waals surface area contributed by atoms with Gasteiger partial charge in [0.1, 0.15) is 11.9 Å². The van der Waals surface area contributed by atoms with E-state index in [0.717, 1.165) is 6.07 Å². The molecule has 0 bridgehead atoms. The highest BCUT2D eigenvalue weighted by Crippen LogP contribution is 2.34. The highest BCUT2D eigenvalue weighted by molar-refractivity contribution is 5.37. The second-order valence-electron chi connectivity index (χ2n) is 3.80. The molecule has 2 rings (SSSR count). The van der Waals surface area contributed by atoms with E-state index < -0.39 is 11.7 Å². The third-order valence-electron chi connectivity index (χ3n) is 2.52. The van der Waals surface area contributed by atoms with Crippen molar-refractivity contribution in [1.82, 2.24) is 0 Å². The van der Waals surface area contributed by atoms with Crippen molar-refractivity contribution in [3.8, 4) is 5.75 Å². The SMILES string of the molecule is NCc1ccc(OC2COC2)cc1C(F)(F)F. The predicted molar refractivity (Wildman–Crippen MR) is 54.6 cm³/mol. The van der Waals surface area contributed by atoms with E-state index in [1.165, 1.54) is 12.1 Å². The Morgan fingerprint density at radius 1 is 1.35 bits per heavy atom. The minimum absolute atomic E-state index is 0.0645. The molecule has 0 radical (unpaired) electrons. The molecule has 0 saturated carbocycles. The van der Waals surface area contributed by atoms with Crippen LogP contribution in [0.25, 0.3) is 0 Å². The first-order valence-corrected chi connectivity index (χ1v) is 5.15. The highest BCUT2D eigenvalue weighted by Gasteiger charge is 2.33. The largest absolute Gasteiger partial charge is 0.486 e. The zero-order valence-corrected chi connectivity index (χ0v) is 8.96. The fourth-order valence-electron chi connectivity index (χ4n) is 1.55. The molecule has 1 aliphatic heterocycles. The van der Waals surface area contributed by atoms with Crippen LogP contribution in [-0.2, 0) is 17.5 Å². The van der Waals surface area contributed by atoms with Crippen molar-refractivity contribution in [2.75, 3.05) is 13.2 Å². The van der Waals surface area contributed by atoms with E-state index in [2.05, 4.69) is 0 Å². The number of rotatable bonds is 3. The van der Waals surface area contributed by atoms with E-state index in [0.29, 0.717) is 13.2 Å². The molecule has 94 valence electrons. The van der Waals surface area contributed by atoms with Gasteiger partial charge in [-0.25, -0.2) is 0 Å². The molecule has 3 nitrogen and oxygen atoms in total. The van der Waals surface area contributed by atoms with Gasteiger partial charge < -0.3 is 15.2 Å². The van der Waals surface area contributed by atoms with E-state index in [4.69, 9.17) is 15.2 Å². The minimum Gasteiger partial charge on any atom is -0.486 e. The van der Waals surface area contributed by atoms with Crippen LogP contribution in [0.15, 0.2) is 18.2 Å². The lowest BCUT2D eigenvalue weighted by Gasteiger charge is -2.27. The summed E-state index contributed by atoms with van der Waals surface area (Å²) in [6, 6.07) is 3.83. The first kappa shape index (κ1) is 12.2. The van der Waals surface area contributed by atoms with Gasteiger partial charge in [-0.1, -0.05) is 6.07 Å². The van der Waals surface area contributed by atoms with E-state index in [9.17, 15) is 13.2 Å². The van der Waals surface area contributed by atoms with Crippen molar-refractivity contribution < 1.29 is 22.6 Å². The lowest BCUT2D eigenvalue weighted by molar-refractivity contribution is -0.138. The van der Waals surface area contributed by atoms with E-state index >= 15 is 0 Å². The molecule has 0 atom stereocenters. The van der Waals surface area contributed by atoms with Gasteiger partial charge in [0, 0.05) is 6.54 Å². The fraction of sp³-hybridized carbons (Fsp3) is 0.455. The topological polar surface area (TPSA) is 44.5 Å². The molecule has 1 saturated heterocycles. The molecule has 1 aliphatic rings. The molecule has 0 aliphatic carbocycles. The number of benzene rings is 1. The molecule has 1 aromatic carbocycles. The summed E-state index contributed by atoms with van der Waals surface area (Å²) in [6.45, 7) is 0.682. The lowest BCUT2D eigenvalue weighted by Crippen LogP contribution is -2.38. The summed E-state index contributed by atoms with van der Waals surface area (Å²) in [5.41, 5.74) is 4.60. The van der Waals surface area contributed by atoms with Gasteiger partial charge in [-0.2, -0.15) is 13.2 Å². The maximum Gasteiger partial charge on any atom is 0.416 e. The molecule has 1 aromatic rings. The number of ether oxygens (including phenoxy) is 2. The molecule has 0 aromatic heterocycles. The Balaban J connectivity index is 2.24. The van der Waals surface area contributed by atoms with Crippen LogP contribution < -0.4 is 10.5 Å². The van der Waals surface area contributed by atoms with Crippen molar-refractivity contribution in [3.05, 3.63) is 29.3 Å². The Bertz CT molecular complexity index is 402. The van der Waals surface area contributed by atoms with Crippen molar-refractivity contribution in [2.24, 2.45) is 5.73 Å². The normalized spacial score (nSPS) is 16.7. The highest BCUT2D eigenvalue weighted by atomic mass is 19.4. The number of hydrogen-bond acceptors (Lipinski definition) is 3. The molecule has 0 amide bonds. The Labute approximate surface area is 96.3 Å². The second kappa shape index (κ2) is 4.54. The van der Waals surface area contributed by atoms with E-state index in [-0.39, 0.29) is 24.0 Å². The molecule has 1 heterocycles. The number of halogens is 3. The van der Waals surface area contributed by atoms with Crippen LogP contribution in [0.1, 0.15) is 11.1 Å². The van der Waals surface area contributed by atoms with Crippen LogP contribution in [0.5, 0.6) is 5.75 Å². The van der Waals surface area contributed by atoms with Crippen molar-refractivity contribution in [1.29, 1.82) is 0 Å². The van der Waals surface area contributed by atoms with Gasteiger partial charge in [0.2, 0.25) is 0 Å². The summed E-state index contributed by atoms with van der Waals surface area (Å²) < 4.78 is 48.3. The van der Waals surface area contributed by atoms with Gasteiger partial charge in [0.05, 0.1) is 18.8 Å². The zero-order valence-electron chi connectivity index (χ0n) is 8.96. The molecule has 0 unspecified atom stereocenters. The number of hydrogen-bond donors (Lipinski definition) is 1. The Morgan fingerprint density at radius 3 is 2.53 bits per heavy atom. The summed E-state index contributed by atoms with van der Waals surface area (Å²) in [6.07, 6.45) is -4.57. The molecule has 1 fully saturated rings. The van der Waals surface area contributed by atoms with Crippen molar-refractivity contribution >= 4 is 0 Å². The lowest BCUT2D eigenvalue weighted by atomic mass is 10.1. The summed E-state index contributed by atoms with van der Waals surface area (Å²) in [4.78, 5) is 0. The summed E-state index contributed by atoms with van der Waals surface area (Å²) in [5, 5.41) is 0. The van der Waals surface area contributed by atoms with Crippen LogP contribution in [0.3, 0.4) is 0 Å². The third kappa shape index (κ3) is 2.70. The molecule has 17 heavy (non-hydrogen) atoms. The van der Waals surface area contributed by atoms with E-state index in [1.54, 1.807) is 0 Å². The molecule has 2 N–H and O–H groups in total. The third-order valence-corrected chi connectivity index (χ3v) is 2.52. The van der Waals surface area contributed by atoms with Crippen molar-refractivity contribution in [2.45, 2.75) is 18.8 Å². The van der Waals surface area contributed by atoms with Gasteiger partial charge in [-0.15, -0.1) is 0 Å². The van der Waals surface area contributed by atoms with Crippen LogP contribution in [0.2, 0.25) is 0 Å². The predicted octanol–water partition coefficient (Wildman–Crippen LogP) is 1.94. The Morgan fingerprint density at radius 2 is 2.06 bits per heavy atom. The second-order valence-corrected chi connectivity index (χ2v) is 3.80. The van der Waals surface area contributed by atoms with Crippen LogP contribution in [-0.4, -0.2) is 19.3 Å². The number of nitrogens with two attached hydrogens (primary N) is 1. The van der Waals surface area contributed by atoms with Crippen LogP contribution >= 0.6 is 0 Å². The maximum absolute atomic E-state index is 12.7. The average Bonchev–Trinajstić information content (AvgIpc) is 2.22. The monoisotopic (exact) mass is 247 g/mol. The zero-order chi connectivity index (χ0) is 12.5. The first-order valence-electron chi connectivity index (χ1n) is 5.15. The van der Waals surface area contributed by atoms with Crippen molar-refractivity contribution in [3.63, 3.8) is 0 Å². The summed E-state index contributed by atoms with van der Waals surface area (Å²) in [5.74, 6) is 0.197. The Hall–Kier alpha value is -1.27. The maximum atomic E-state index is 12.7. The standard InChI is InChI=1S/C11H12F3NO2/c12-11(13,14)10-3-8(2-1-7(10)4-15)17-9-5-16-6-9/h1-3,9H,4-6,15H2. The van der Waals surface area contributed by atoms with Gasteiger partial charge in [0.25, 0.3) is 0 Å². The molecular weight excluding hydrogens is 235 g/mol. The first-order chi connectivity index (χ1) is 8.00. The molecular formula is C11H12F3NO2. The fourth-order valence-corrected chi connectivity index (χ4v) is 1.55. The van der Waals surface area contributed by atoms with Crippen LogP contribution in [0, 0.1) is 0 Å². The van der Waals surface area contributed by atoms with Gasteiger partial charge in [-0.05, 0) is 17.7 Å². The van der Waals surface area contributed by atoms with Crippen LogP contribution in [0.4, 0.5) is 13.2 Å². The van der Waals surface area contributed by atoms with E-state index in [1.807, 2.05) is 0 Å². The average molecular weight is 247 g/mol. The van der Waals surface area contributed by atoms with Gasteiger partial charge in [-0.3, -0.25) is 0 Å². The summed E-state index contributed by atoms with van der Waals surface area (Å²) in [7, 11) is 0. The quantitative estimate of drug-likeness (QED) is 0.887. The van der Waals surface area contributed by atoms with Gasteiger partial charge in [0.15, 0.2) is 0 Å². The Kier molecular flexibility index (Phi) is 3.26. The number of alkyl halides is 3. The molecule has 6 heteroatoms. The molecule has 0 spiro atoms.